The summed E-state index contributed by atoms with van der Waals surface area (Å²) in [6, 6.07) is 16.6. The molecule has 1 aliphatic heterocycles. The molecule has 0 bridgehead atoms. The Labute approximate surface area is 166 Å². The van der Waals surface area contributed by atoms with E-state index in [1.807, 2.05) is 47.4 Å². The Hall–Kier alpha value is -2.37. The Morgan fingerprint density at radius 1 is 1.00 bits per heavy atom. The molecule has 2 amide bonds. The van der Waals surface area contributed by atoms with Crippen LogP contribution in [-0.4, -0.2) is 35.8 Å². The number of amides is 2. The van der Waals surface area contributed by atoms with Crippen molar-refractivity contribution >= 4 is 24.2 Å². The van der Waals surface area contributed by atoms with E-state index in [-0.39, 0.29) is 30.3 Å². The molecule has 2 aromatic rings. The van der Waals surface area contributed by atoms with Gasteiger partial charge in [0.25, 0.3) is 11.8 Å². The van der Waals surface area contributed by atoms with Crippen LogP contribution in [0.2, 0.25) is 0 Å². The minimum Gasteiger partial charge on any atom is -0.350 e. The van der Waals surface area contributed by atoms with Crippen LogP contribution in [0.25, 0.3) is 0 Å². The van der Waals surface area contributed by atoms with Gasteiger partial charge in [-0.2, -0.15) is 0 Å². The molecule has 144 valence electrons. The van der Waals surface area contributed by atoms with E-state index in [2.05, 4.69) is 5.32 Å². The van der Waals surface area contributed by atoms with Crippen molar-refractivity contribution in [3.05, 3.63) is 71.3 Å². The predicted octanol–water partition coefficient (Wildman–Crippen LogP) is 2.99. The van der Waals surface area contributed by atoms with Crippen LogP contribution >= 0.6 is 12.4 Å². The molecule has 27 heavy (non-hydrogen) atoms. The summed E-state index contributed by atoms with van der Waals surface area (Å²) >= 11 is 0. The van der Waals surface area contributed by atoms with Gasteiger partial charge in [0.1, 0.15) is 0 Å². The van der Waals surface area contributed by atoms with Gasteiger partial charge in [0.2, 0.25) is 0 Å². The van der Waals surface area contributed by atoms with Gasteiger partial charge in [0.15, 0.2) is 0 Å². The molecular weight excluding hydrogens is 362 g/mol. The Bertz CT molecular complexity index is 750. The van der Waals surface area contributed by atoms with Gasteiger partial charge in [-0.3, -0.25) is 9.59 Å². The quantitative estimate of drug-likeness (QED) is 0.828. The van der Waals surface area contributed by atoms with E-state index in [0.29, 0.717) is 24.2 Å². The first kappa shape index (κ1) is 20.9. The Kier molecular flexibility index (Phi) is 7.82. The molecule has 1 atom stereocenters. The number of hydrogen-bond donors (Lipinski definition) is 2. The first-order valence-electron chi connectivity index (χ1n) is 9.12. The molecule has 1 aliphatic rings. The maximum Gasteiger partial charge on any atom is 0.254 e. The lowest BCUT2D eigenvalue weighted by atomic mass is 10.00. The molecule has 1 heterocycles. The first-order chi connectivity index (χ1) is 12.7. The molecule has 2 aromatic carbocycles. The molecule has 1 fully saturated rings. The molecule has 0 saturated carbocycles. The highest BCUT2D eigenvalue weighted by atomic mass is 35.5. The van der Waals surface area contributed by atoms with Crippen LogP contribution in [-0.2, 0) is 6.54 Å². The summed E-state index contributed by atoms with van der Waals surface area (Å²) in [5.41, 5.74) is 7.93. The van der Waals surface area contributed by atoms with Crippen molar-refractivity contribution in [2.45, 2.75) is 31.8 Å². The van der Waals surface area contributed by atoms with Gasteiger partial charge in [-0.15, -0.1) is 12.4 Å². The second-order valence-corrected chi connectivity index (χ2v) is 6.63. The highest BCUT2D eigenvalue weighted by Gasteiger charge is 2.27. The molecule has 0 spiro atoms. The summed E-state index contributed by atoms with van der Waals surface area (Å²) in [5.74, 6) is -0.0805. The highest BCUT2D eigenvalue weighted by Crippen LogP contribution is 2.20. The van der Waals surface area contributed by atoms with E-state index in [4.69, 9.17) is 5.73 Å². The van der Waals surface area contributed by atoms with E-state index in [1.54, 1.807) is 12.1 Å². The lowest BCUT2D eigenvalue weighted by Crippen LogP contribution is -2.49. The van der Waals surface area contributed by atoms with Crippen molar-refractivity contribution in [1.82, 2.24) is 10.2 Å². The Morgan fingerprint density at radius 2 is 1.70 bits per heavy atom. The summed E-state index contributed by atoms with van der Waals surface area (Å²) in [5, 5.41) is 2.97. The highest BCUT2D eigenvalue weighted by molar-refractivity contribution is 5.95. The zero-order chi connectivity index (χ0) is 18.4. The number of halogens is 1. The third-order valence-electron chi connectivity index (χ3n) is 4.86. The molecule has 1 unspecified atom stereocenters. The van der Waals surface area contributed by atoms with E-state index in [9.17, 15) is 9.59 Å². The third kappa shape index (κ3) is 5.31. The summed E-state index contributed by atoms with van der Waals surface area (Å²) < 4.78 is 0. The number of hydrogen-bond acceptors (Lipinski definition) is 3. The van der Waals surface area contributed by atoms with Gasteiger partial charge < -0.3 is 16.0 Å². The maximum atomic E-state index is 12.9. The van der Waals surface area contributed by atoms with Gasteiger partial charge in [0.05, 0.1) is 0 Å². The first-order valence-corrected chi connectivity index (χ1v) is 9.12. The average Bonchev–Trinajstić information content (AvgIpc) is 2.72. The van der Waals surface area contributed by atoms with Crippen LogP contribution in [0, 0.1) is 0 Å². The van der Waals surface area contributed by atoms with E-state index in [1.165, 1.54) is 0 Å². The van der Waals surface area contributed by atoms with Gasteiger partial charge in [-0.25, -0.2) is 0 Å². The van der Waals surface area contributed by atoms with Crippen LogP contribution in [0.5, 0.6) is 0 Å². The number of piperidine rings is 1. The van der Waals surface area contributed by atoms with Crippen molar-refractivity contribution in [2.75, 3.05) is 13.1 Å². The number of nitrogens with two attached hydrogens (primary N) is 1. The third-order valence-corrected chi connectivity index (χ3v) is 4.86. The zero-order valence-corrected chi connectivity index (χ0v) is 16.1. The molecule has 5 nitrogen and oxygen atoms in total. The molecular formula is C21H26ClN3O2. The molecule has 1 saturated heterocycles. The Balaban J connectivity index is 0.00000261. The van der Waals surface area contributed by atoms with Crippen molar-refractivity contribution < 1.29 is 9.59 Å². The van der Waals surface area contributed by atoms with Crippen LogP contribution in [0.1, 0.15) is 45.5 Å². The monoisotopic (exact) mass is 387 g/mol. The van der Waals surface area contributed by atoms with Gasteiger partial charge in [-0.05, 0) is 49.1 Å². The number of benzene rings is 2. The van der Waals surface area contributed by atoms with Crippen LogP contribution in [0.15, 0.2) is 54.6 Å². The number of rotatable bonds is 5. The van der Waals surface area contributed by atoms with Crippen molar-refractivity contribution in [3.63, 3.8) is 0 Å². The Morgan fingerprint density at radius 3 is 2.37 bits per heavy atom. The normalized spacial score (nSPS) is 16.3. The standard InChI is InChI=1S/C21H25N3O2.ClH/c22-14-16-9-11-18(12-10-16)21(26)24-13-5-4-8-19(24)15-23-20(25)17-6-2-1-3-7-17;/h1-3,6-7,9-12,19H,4-5,8,13-15,22H2,(H,23,25);1H. The largest absolute Gasteiger partial charge is 0.350 e. The fourth-order valence-electron chi connectivity index (χ4n) is 3.33. The minimum absolute atomic E-state index is 0. The second-order valence-electron chi connectivity index (χ2n) is 6.63. The second kappa shape index (κ2) is 10.1. The van der Waals surface area contributed by atoms with Crippen LogP contribution in [0.3, 0.4) is 0 Å². The molecule has 6 heteroatoms. The molecule has 3 rings (SSSR count). The average molecular weight is 388 g/mol. The molecule has 3 N–H and O–H groups in total. The predicted molar refractivity (Wildman–Crippen MR) is 109 cm³/mol. The topological polar surface area (TPSA) is 75.4 Å². The van der Waals surface area contributed by atoms with Crippen molar-refractivity contribution in [2.24, 2.45) is 5.73 Å². The summed E-state index contributed by atoms with van der Waals surface area (Å²) in [6.07, 6.45) is 2.97. The van der Waals surface area contributed by atoms with E-state index < -0.39 is 0 Å². The fraction of sp³-hybridized carbons (Fsp3) is 0.333. The SMILES string of the molecule is Cl.NCc1ccc(C(=O)N2CCCCC2CNC(=O)c2ccccc2)cc1. The van der Waals surface area contributed by atoms with Crippen LogP contribution in [0.4, 0.5) is 0 Å². The lowest BCUT2D eigenvalue weighted by Gasteiger charge is -2.36. The smallest absolute Gasteiger partial charge is 0.254 e. The number of carbonyl (C=O) groups excluding carboxylic acids is 2. The lowest BCUT2D eigenvalue weighted by molar-refractivity contribution is 0.0602. The van der Waals surface area contributed by atoms with Crippen molar-refractivity contribution in [1.29, 1.82) is 0 Å². The summed E-state index contributed by atoms with van der Waals surface area (Å²) in [6.45, 7) is 1.66. The van der Waals surface area contributed by atoms with Gasteiger partial charge in [0, 0.05) is 36.8 Å². The molecule has 0 aromatic heterocycles. The van der Waals surface area contributed by atoms with Crippen molar-refractivity contribution in [3.8, 4) is 0 Å². The summed E-state index contributed by atoms with van der Waals surface area (Å²) in [7, 11) is 0. The number of nitrogens with one attached hydrogen (secondary N) is 1. The zero-order valence-electron chi connectivity index (χ0n) is 15.3. The molecule has 0 radical (unpaired) electrons. The van der Waals surface area contributed by atoms with Gasteiger partial charge >= 0.3 is 0 Å². The minimum atomic E-state index is -0.101. The van der Waals surface area contributed by atoms with Gasteiger partial charge in [-0.1, -0.05) is 30.3 Å². The van der Waals surface area contributed by atoms with Crippen LogP contribution < -0.4 is 11.1 Å². The number of nitrogens with zero attached hydrogens (tertiary/aromatic N) is 1. The van der Waals surface area contributed by atoms with E-state index in [0.717, 1.165) is 31.4 Å². The molecule has 0 aliphatic carbocycles. The summed E-state index contributed by atoms with van der Waals surface area (Å²) in [4.78, 5) is 27.1. The number of carbonyl (C=O) groups is 2. The fourth-order valence-corrected chi connectivity index (χ4v) is 3.33. The maximum absolute atomic E-state index is 12.9. The van der Waals surface area contributed by atoms with E-state index >= 15 is 0 Å². The number of likely N-dealkylation sites (tertiary alicyclic amines) is 1.